The number of phenolic OH excluding ortho intramolecular Hbond substituents is 1. The fraction of sp³-hybridized carbons (Fsp3) is 0. The first-order valence-corrected chi connectivity index (χ1v) is 8.58. The fourth-order valence-electron chi connectivity index (χ4n) is 0.587. The molecule has 0 aliphatic rings. The second kappa shape index (κ2) is 16.5. The van der Waals surface area contributed by atoms with Crippen LogP contribution in [0.3, 0.4) is 0 Å². The summed E-state index contributed by atoms with van der Waals surface area (Å²) in [7, 11) is -15.5. The minimum atomic E-state index is -5.17. The molecule has 19 heteroatoms. The largest absolute Gasteiger partial charge is 3.00 e. The molecule has 0 fully saturated rings. The first-order chi connectivity index (χ1) is 10.3. The Morgan fingerprint density at radius 3 is 1.08 bits per heavy atom. The third kappa shape index (κ3) is 76.5. The number of para-hydroxylation sites is 1. The van der Waals surface area contributed by atoms with Crippen molar-refractivity contribution in [3.05, 3.63) is 29.8 Å². The number of rotatable bonds is 1. The third-order valence-electron chi connectivity index (χ3n) is 1.06. The molecule has 0 saturated carbocycles. The van der Waals surface area contributed by atoms with E-state index in [0.717, 1.165) is 0 Å². The van der Waals surface area contributed by atoms with Crippen molar-refractivity contribution in [1.82, 2.24) is 0 Å². The molecule has 0 bridgehead atoms. The Bertz CT molecular complexity index is 705. The third-order valence-corrected chi connectivity index (χ3v) is 1.06. The Kier molecular flexibility index (Phi) is 23.0. The van der Waals surface area contributed by atoms with Crippen LogP contribution < -0.4 is 0 Å². The minimum Gasteiger partial charge on any atom is -0.759 e. The Balaban J connectivity index is -0.0000000771. The molecular weight excluding hydrogens is 516 g/mol. The topological polar surface area (TPSA) is 278 Å². The van der Waals surface area contributed by atoms with Crippen LogP contribution in [-0.4, -0.2) is 64.0 Å². The smallest absolute Gasteiger partial charge is 0.759 e. The first kappa shape index (κ1) is 36.3. The molecular formula is C7H6Fe2O14S3. The van der Waals surface area contributed by atoms with Crippen LogP contribution in [0.1, 0.15) is 10.4 Å². The van der Waals surface area contributed by atoms with E-state index >= 15 is 0 Å². The first-order valence-electron chi connectivity index (χ1n) is 4.58. The zero-order valence-corrected chi connectivity index (χ0v) is 16.2. The van der Waals surface area contributed by atoms with Crippen molar-refractivity contribution >= 4 is 37.5 Å². The molecule has 1 aromatic rings. The molecule has 0 aromatic heterocycles. The summed E-state index contributed by atoms with van der Waals surface area (Å²) in [5.41, 5.74) is 0.331. The molecule has 0 aliphatic heterocycles. The van der Waals surface area contributed by atoms with Crippen LogP contribution >= 0.6 is 0 Å². The van der Waals surface area contributed by atoms with Gasteiger partial charge in [-0.05, 0) is 12.1 Å². The summed E-state index contributed by atoms with van der Waals surface area (Å²) < 4.78 is 102. The molecule has 14 nitrogen and oxygen atoms in total. The van der Waals surface area contributed by atoms with Crippen molar-refractivity contribution in [2.75, 3.05) is 0 Å². The number of hydrogen-bond acceptors (Lipinski definition) is 14. The molecule has 0 unspecified atom stereocenters. The van der Waals surface area contributed by atoms with Gasteiger partial charge in [-0.3, -0.25) is 30.0 Å². The molecule has 0 spiro atoms. The van der Waals surface area contributed by atoms with E-state index in [-0.39, 0.29) is 39.9 Å². The SMILES string of the molecule is O=Cc1ccccc1O.O=S(=O)([O-])[O-].O=S(=O)([O-])[O-].O=S(=O)([O-])[O-].[Fe+3].[Fe+3]. The minimum absolute atomic E-state index is 0. The number of carbonyl (C=O) groups excluding carboxylic acids is 1. The molecule has 1 aromatic carbocycles. The Labute approximate surface area is 169 Å². The molecule has 0 heterocycles. The van der Waals surface area contributed by atoms with Gasteiger partial charge in [0.05, 0.1) is 5.56 Å². The summed E-state index contributed by atoms with van der Waals surface area (Å²) in [4.78, 5) is 10.1. The Morgan fingerprint density at radius 2 is 0.923 bits per heavy atom. The molecule has 1 rings (SSSR count). The van der Waals surface area contributed by atoms with Gasteiger partial charge in [-0.1, -0.05) is 12.1 Å². The fourth-order valence-corrected chi connectivity index (χ4v) is 0.587. The van der Waals surface area contributed by atoms with Gasteiger partial charge in [-0.15, -0.1) is 0 Å². The molecule has 0 amide bonds. The van der Waals surface area contributed by atoms with Gasteiger partial charge in [0, 0.05) is 31.2 Å². The van der Waals surface area contributed by atoms with E-state index in [2.05, 4.69) is 0 Å². The zero-order chi connectivity index (χ0) is 20.2. The summed E-state index contributed by atoms with van der Waals surface area (Å²) >= 11 is 0. The molecule has 26 heavy (non-hydrogen) atoms. The van der Waals surface area contributed by atoms with Gasteiger partial charge in [0.1, 0.15) is 5.75 Å². The van der Waals surface area contributed by atoms with Crippen LogP contribution in [0.4, 0.5) is 0 Å². The quantitative estimate of drug-likeness (QED) is 0.169. The van der Waals surface area contributed by atoms with Crippen LogP contribution in [0.5, 0.6) is 5.75 Å². The second-order valence-corrected chi connectivity index (χ2v) is 5.35. The van der Waals surface area contributed by atoms with E-state index < -0.39 is 31.2 Å². The van der Waals surface area contributed by atoms with Gasteiger partial charge in [0.2, 0.25) is 0 Å². The van der Waals surface area contributed by atoms with Crippen LogP contribution in [-0.2, 0) is 65.3 Å². The predicted octanol–water partition coefficient (Wildman–Crippen LogP) is -2.81. The van der Waals surface area contributed by atoms with Gasteiger partial charge in [-0.2, -0.15) is 0 Å². The summed E-state index contributed by atoms with van der Waals surface area (Å²) in [5, 5.41) is 8.88. The van der Waals surface area contributed by atoms with Crippen LogP contribution in [0.2, 0.25) is 0 Å². The number of phenols is 1. The van der Waals surface area contributed by atoms with E-state index in [1.54, 1.807) is 18.2 Å². The van der Waals surface area contributed by atoms with E-state index in [9.17, 15) is 4.79 Å². The van der Waals surface area contributed by atoms with Gasteiger partial charge in [0.25, 0.3) is 0 Å². The van der Waals surface area contributed by atoms with Crippen molar-refractivity contribution in [3.63, 3.8) is 0 Å². The van der Waals surface area contributed by atoms with Gasteiger partial charge < -0.3 is 32.4 Å². The van der Waals surface area contributed by atoms with Crippen LogP contribution in [0.25, 0.3) is 0 Å². The average Bonchev–Trinajstić information content (AvgIpc) is 2.22. The maximum absolute atomic E-state index is 10.1. The normalized spacial score (nSPS) is 9.77. The van der Waals surface area contributed by atoms with Crippen LogP contribution in [0, 0.1) is 0 Å². The molecule has 2 radical (unpaired) electrons. The standard InChI is InChI=1S/C7H6O2.2Fe.3H2O4S/c8-5-6-3-1-2-4-7(6)9;;;3*1-5(2,3)4/h1-5,9H;;;3*(H2,1,2,3,4)/q;2*+3;;;/p-6. The Morgan fingerprint density at radius 1 is 0.692 bits per heavy atom. The maximum Gasteiger partial charge on any atom is 3.00 e. The monoisotopic (exact) mass is 522 g/mol. The average molecular weight is 522 g/mol. The van der Waals surface area contributed by atoms with E-state index in [0.29, 0.717) is 11.8 Å². The molecule has 0 atom stereocenters. The Hall–Kier alpha value is -0.661. The summed E-state index contributed by atoms with van der Waals surface area (Å²) in [6.07, 6.45) is 0.620. The van der Waals surface area contributed by atoms with Crippen molar-refractivity contribution < 1.29 is 96.6 Å². The molecule has 1 N–H and O–H groups in total. The summed E-state index contributed by atoms with van der Waals surface area (Å²) in [6, 6.07) is 6.40. The van der Waals surface area contributed by atoms with Crippen molar-refractivity contribution in [3.8, 4) is 5.75 Å². The zero-order valence-electron chi connectivity index (χ0n) is 11.6. The number of aromatic hydroxyl groups is 1. The molecule has 0 aliphatic carbocycles. The van der Waals surface area contributed by atoms with E-state index in [4.69, 9.17) is 57.7 Å². The van der Waals surface area contributed by atoms with E-state index in [1.165, 1.54) is 6.07 Å². The number of aldehydes is 1. The van der Waals surface area contributed by atoms with Gasteiger partial charge >= 0.3 is 34.1 Å². The number of carbonyl (C=O) groups is 1. The summed E-state index contributed by atoms with van der Waals surface area (Å²) in [5.74, 6) is 0.0347. The number of benzene rings is 1. The van der Waals surface area contributed by atoms with Gasteiger partial charge in [-0.25, -0.2) is 0 Å². The predicted molar refractivity (Wildman–Crippen MR) is 64.9 cm³/mol. The second-order valence-electron chi connectivity index (χ2n) is 2.90. The van der Waals surface area contributed by atoms with Crippen LogP contribution in [0.15, 0.2) is 24.3 Å². The van der Waals surface area contributed by atoms with Crippen molar-refractivity contribution in [1.29, 1.82) is 0 Å². The summed E-state index contributed by atoms with van der Waals surface area (Å²) in [6.45, 7) is 0. The number of hydrogen-bond donors (Lipinski definition) is 1. The van der Waals surface area contributed by atoms with Crippen molar-refractivity contribution in [2.24, 2.45) is 0 Å². The van der Waals surface area contributed by atoms with Gasteiger partial charge in [0.15, 0.2) is 6.29 Å². The van der Waals surface area contributed by atoms with E-state index in [1.807, 2.05) is 0 Å². The molecule has 0 saturated heterocycles. The van der Waals surface area contributed by atoms with Crippen molar-refractivity contribution in [2.45, 2.75) is 0 Å². The maximum atomic E-state index is 10.1. The molecule has 152 valence electrons.